The number of piperidine rings is 1. The summed E-state index contributed by atoms with van der Waals surface area (Å²) in [6.45, 7) is 2.63. The molecule has 0 radical (unpaired) electrons. The van der Waals surface area contributed by atoms with E-state index in [9.17, 15) is 0 Å². The molecule has 74 valence electrons. The lowest BCUT2D eigenvalue weighted by Crippen LogP contribution is -2.61. The van der Waals surface area contributed by atoms with Crippen molar-refractivity contribution in [3.8, 4) is 0 Å². The van der Waals surface area contributed by atoms with E-state index in [1.165, 1.54) is 19.3 Å². The van der Waals surface area contributed by atoms with Gasteiger partial charge in [0.2, 0.25) is 0 Å². The molecule has 13 heavy (non-hydrogen) atoms. The van der Waals surface area contributed by atoms with E-state index in [0.29, 0.717) is 5.54 Å². The molecule has 1 aliphatic carbocycles. The van der Waals surface area contributed by atoms with Crippen LogP contribution < -0.4 is 5.32 Å². The number of hydrogen-bond donors (Lipinski definition) is 1. The fourth-order valence-electron chi connectivity index (χ4n) is 2.89. The minimum Gasteiger partial charge on any atom is -0.347 e. The fraction of sp³-hybridized carbons (Fsp3) is 1.00. The average molecular weight is 183 g/mol. The maximum Gasteiger partial charge on any atom is 0.171 e. The van der Waals surface area contributed by atoms with Crippen molar-refractivity contribution in [1.29, 1.82) is 0 Å². The van der Waals surface area contributed by atoms with Gasteiger partial charge in [-0.25, -0.2) is 0 Å². The van der Waals surface area contributed by atoms with Crippen molar-refractivity contribution >= 4 is 0 Å². The zero-order chi connectivity index (χ0) is 8.78. The molecular weight excluding hydrogens is 166 g/mol. The highest BCUT2D eigenvalue weighted by Crippen LogP contribution is 2.44. The lowest BCUT2D eigenvalue weighted by atomic mass is 9.70. The van der Waals surface area contributed by atoms with E-state index in [0.717, 1.165) is 32.6 Å². The van der Waals surface area contributed by atoms with Gasteiger partial charge in [-0.2, -0.15) is 0 Å². The summed E-state index contributed by atoms with van der Waals surface area (Å²) in [7, 11) is 0. The van der Waals surface area contributed by atoms with Gasteiger partial charge in [0.05, 0.1) is 13.2 Å². The summed E-state index contributed by atoms with van der Waals surface area (Å²) in [5.41, 5.74) is 0.378. The van der Waals surface area contributed by atoms with Gasteiger partial charge >= 0.3 is 0 Å². The molecule has 0 aromatic carbocycles. The SMILES string of the molecule is C1CC2(C1)CC1(CCN2)OCCO1. The van der Waals surface area contributed by atoms with Crippen molar-refractivity contribution in [1.82, 2.24) is 5.32 Å². The third-order valence-electron chi connectivity index (χ3n) is 3.74. The Morgan fingerprint density at radius 1 is 1.00 bits per heavy atom. The minimum absolute atomic E-state index is 0.203. The topological polar surface area (TPSA) is 30.5 Å². The van der Waals surface area contributed by atoms with Crippen LogP contribution in [0.15, 0.2) is 0 Å². The number of ether oxygens (including phenoxy) is 2. The van der Waals surface area contributed by atoms with Crippen LogP contribution in [-0.2, 0) is 9.47 Å². The largest absolute Gasteiger partial charge is 0.347 e. The highest BCUT2D eigenvalue weighted by molar-refractivity contribution is 5.03. The second-order valence-electron chi connectivity index (χ2n) is 4.60. The van der Waals surface area contributed by atoms with Crippen molar-refractivity contribution < 1.29 is 9.47 Å². The lowest BCUT2D eigenvalue weighted by Gasteiger charge is -2.51. The van der Waals surface area contributed by atoms with E-state index >= 15 is 0 Å². The molecule has 3 nitrogen and oxygen atoms in total. The van der Waals surface area contributed by atoms with Gasteiger partial charge in [-0.05, 0) is 19.3 Å². The molecule has 0 amide bonds. The van der Waals surface area contributed by atoms with E-state index in [2.05, 4.69) is 5.32 Å². The van der Waals surface area contributed by atoms with Gasteiger partial charge < -0.3 is 14.8 Å². The summed E-state index contributed by atoms with van der Waals surface area (Å²) in [6, 6.07) is 0. The molecule has 2 spiro atoms. The Labute approximate surface area is 78.8 Å². The summed E-state index contributed by atoms with van der Waals surface area (Å²) >= 11 is 0. The lowest BCUT2D eigenvalue weighted by molar-refractivity contribution is -0.198. The van der Waals surface area contributed by atoms with E-state index in [4.69, 9.17) is 9.47 Å². The summed E-state index contributed by atoms with van der Waals surface area (Å²) in [4.78, 5) is 0. The van der Waals surface area contributed by atoms with Crippen LogP contribution in [0, 0.1) is 0 Å². The Bertz CT molecular complexity index is 207. The molecule has 2 saturated heterocycles. The van der Waals surface area contributed by atoms with Gasteiger partial charge in [-0.3, -0.25) is 0 Å². The molecule has 0 bridgehead atoms. The van der Waals surface area contributed by atoms with Gasteiger partial charge in [0, 0.05) is 24.9 Å². The highest BCUT2D eigenvalue weighted by Gasteiger charge is 2.50. The Balaban J connectivity index is 1.76. The van der Waals surface area contributed by atoms with Crippen molar-refractivity contribution in [2.75, 3.05) is 19.8 Å². The molecule has 0 atom stereocenters. The van der Waals surface area contributed by atoms with E-state index in [1.54, 1.807) is 0 Å². The third-order valence-corrected chi connectivity index (χ3v) is 3.74. The first-order valence-electron chi connectivity index (χ1n) is 5.36. The van der Waals surface area contributed by atoms with Gasteiger partial charge in [-0.1, -0.05) is 0 Å². The zero-order valence-electron chi connectivity index (χ0n) is 7.97. The van der Waals surface area contributed by atoms with Crippen LogP contribution in [-0.4, -0.2) is 31.1 Å². The van der Waals surface area contributed by atoms with Gasteiger partial charge in [-0.15, -0.1) is 0 Å². The monoisotopic (exact) mass is 183 g/mol. The van der Waals surface area contributed by atoms with Gasteiger partial charge in [0.1, 0.15) is 0 Å². The van der Waals surface area contributed by atoms with Crippen molar-refractivity contribution in [3.05, 3.63) is 0 Å². The summed E-state index contributed by atoms with van der Waals surface area (Å²) in [5.74, 6) is -0.203. The molecule has 3 heteroatoms. The van der Waals surface area contributed by atoms with Gasteiger partial charge in [0.15, 0.2) is 5.79 Å². The third kappa shape index (κ3) is 1.22. The fourth-order valence-corrected chi connectivity index (χ4v) is 2.89. The number of nitrogens with one attached hydrogen (secondary N) is 1. The average Bonchev–Trinajstić information content (AvgIpc) is 2.51. The van der Waals surface area contributed by atoms with Crippen molar-refractivity contribution in [2.24, 2.45) is 0 Å². The molecule has 3 rings (SSSR count). The molecule has 2 heterocycles. The first kappa shape index (κ1) is 8.21. The van der Waals surface area contributed by atoms with Gasteiger partial charge in [0.25, 0.3) is 0 Å². The highest BCUT2D eigenvalue weighted by atomic mass is 16.7. The van der Waals surface area contributed by atoms with Crippen LogP contribution in [0.25, 0.3) is 0 Å². The van der Waals surface area contributed by atoms with Crippen LogP contribution in [0.4, 0.5) is 0 Å². The Morgan fingerprint density at radius 2 is 1.77 bits per heavy atom. The summed E-state index contributed by atoms with van der Waals surface area (Å²) in [5, 5.41) is 3.62. The van der Waals surface area contributed by atoms with Crippen LogP contribution in [0.2, 0.25) is 0 Å². The predicted octanol–water partition coefficient (Wildman–Crippen LogP) is 1.04. The van der Waals surface area contributed by atoms with Crippen LogP contribution in [0.5, 0.6) is 0 Å². The smallest absolute Gasteiger partial charge is 0.171 e. The predicted molar refractivity (Wildman–Crippen MR) is 48.5 cm³/mol. The van der Waals surface area contributed by atoms with Crippen molar-refractivity contribution in [2.45, 2.75) is 43.4 Å². The van der Waals surface area contributed by atoms with E-state index in [-0.39, 0.29) is 5.79 Å². The molecule has 3 aliphatic rings. The zero-order valence-corrected chi connectivity index (χ0v) is 7.97. The molecular formula is C10H17NO2. The minimum atomic E-state index is -0.203. The Morgan fingerprint density at radius 3 is 2.38 bits per heavy atom. The first-order chi connectivity index (χ1) is 6.33. The molecule has 3 fully saturated rings. The Hall–Kier alpha value is -0.120. The second-order valence-corrected chi connectivity index (χ2v) is 4.60. The second kappa shape index (κ2) is 2.69. The number of hydrogen-bond acceptors (Lipinski definition) is 3. The molecule has 0 unspecified atom stereocenters. The van der Waals surface area contributed by atoms with Crippen molar-refractivity contribution in [3.63, 3.8) is 0 Å². The first-order valence-corrected chi connectivity index (χ1v) is 5.36. The Kier molecular flexibility index (Phi) is 1.70. The quantitative estimate of drug-likeness (QED) is 0.608. The maximum atomic E-state index is 5.75. The van der Waals surface area contributed by atoms with Crippen LogP contribution >= 0.6 is 0 Å². The summed E-state index contributed by atoms with van der Waals surface area (Å²) in [6.07, 6.45) is 6.07. The van der Waals surface area contributed by atoms with E-state index < -0.39 is 0 Å². The standard InChI is InChI=1S/C10H17NO2/c1-2-9(3-1)8-10(4-5-11-9)12-6-7-13-10/h11H,1-8H2. The normalized spacial score (nSPS) is 35.1. The van der Waals surface area contributed by atoms with E-state index in [1.807, 2.05) is 0 Å². The molecule has 0 aromatic rings. The van der Waals surface area contributed by atoms with Crippen LogP contribution in [0.3, 0.4) is 0 Å². The van der Waals surface area contributed by atoms with Crippen LogP contribution in [0.1, 0.15) is 32.1 Å². The molecule has 1 saturated carbocycles. The number of rotatable bonds is 0. The molecule has 2 aliphatic heterocycles. The molecule has 1 N–H and O–H groups in total. The summed E-state index contributed by atoms with van der Waals surface area (Å²) < 4.78 is 11.5. The molecule has 0 aromatic heterocycles. The maximum absolute atomic E-state index is 5.75.